The third-order valence-electron chi connectivity index (χ3n) is 2.64. The number of carbonyl (C=O) groups excluding carboxylic acids is 1. The van der Waals surface area contributed by atoms with Crippen LogP contribution < -0.4 is 5.32 Å². The third kappa shape index (κ3) is 6.15. The van der Waals surface area contributed by atoms with Crippen LogP contribution in [0.5, 0.6) is 0 Å². The van der Waals surface area contributed by atoms with Crippen molar-refractivity contribution in [3.63, 3.8) is 0 Å². The normalized spacial score (nSPS) is 11.6. The van der Waals surface area contributed by atoms with Gasteiger partial charge in [-0.1, -0.05) is 36.4 Å². The first-order valence-corrected chi connectivity index (χ1v) is 6.38. The van der Waals surface area contributed by atoms with Gasteiger partial charge in [-0.15, -0.1) is 6.58 Å². The maximum Gasteiger partial charge on any atom is 0.326 e. The average molecular weight is 277 g/mol. The summed E-state index contributed by atoms with van der Waals surface area (Å²) in [5.41, 5.74) is 0.960. The molecule has 0 aliphatic carbocycles. The summed E-state index contributed by atoms with van der Waals surface area (Å²) in [7, 11) is 0. The number of ether oxygens (including phenoxy) is 1. The van der Waals surface area contributed by atoms with Crippen molar-refractivity contribution in [1.29, 1.82) is 0 Å². The molecule has 1 aromatic rings. The largest absolute Gasteiger partial charge is 0.480 e. The molecule has 5 heteroatoms. The molecule has 0 aliphatic heterocycles. The Morgan fingerprint density at radius 2 is 2.05 bits per heavy atom. The molecule has 1 atom stereocenters. The number of amides is 1. The maximum absolute atomic E-state index is 11.6. The van der Waals surface area contributed by atoms with Gasteiger partial charge in [0.1, 0.15) is 12.6 Å². The van der Waals surface area contributed by atoms with Crippen LogP contribution in [0.2, 0.25) is 0 Å². The van der Waals surface area contributed by atoms with E-state index >= 15 is 0 Å². The monoisotopic (exact) mass is 277 g/mol. The molecule has 2 N–H and O–H groups in total. The van der Waals surface area contributed by atoms with E-state index in [4.69, 9.17) is 9.84 Å². The fourth-order valence-corrected chi connectivity index (χ4v) is 1.61. The lowest BCUT2D eigenvalue weighted by Gasteiger charge is -2.13. The second-order valence-electron chi connectivity index (χ2n) is 4.30. The van der Waals surface area contributed by atoms with Crippen molar-refractivity contribution in [2.45, 2.75) is 25.5 Å². The zero-order valence-electron chi connectivity index (χ0n) is 11.2. The van der Waals surface area contributed by atoms with Crippen molar-refractivity contribution in [1.82, 2.24) is 5.32 Å². The second-order valence-corrected chi connectivity index (χ2v) is 4.30. The zero-order valence-corrected chi connectivity index (χ0v) is 11.2. The van der Waals surface area contributed by atoms with E-state index in [-0.39, 0.29) is 6.61 Å². The first kappa shape index (κ1) is 15.9. The Labute approximate surface area is 118 Å². The SMILES string of the molecule is C=CCC[C@@H](NC(=O)COCc1ccccc1)C(=O)O. The molecule has 0 saturated heterocycles. The highest BCUT2D eigenvalue weighted by molar-refractivity contribution is 5.84. The summed E-state index contributed by atoms with van der Waals surface area (Å²) >= 11 is 0. The molecule has 108 valence electrons. The van der Waals surface area contributed by atoms with Crippen LogP contribution in [-0.2, 0) is 20.9 Å². The standard InChI is InChI=1S/C15H19NO4/c1-2-3-9-13(15(18)19)16-14(17)11-20-10-12-7-5-4-6-8-12/h2,4-8,13H,1,3,9-11H2,(H,16,17)(H,18,19)/t13-/m1/s1. The predicted molar refractivity (Wildman–Crippen MR) is 75.1 cm³/mol. The van der Waals surface area contributed by atoms with E-state index in [0.29, 0.717) is 19.4 Å². The number of allylic oxidation sites excluding steroid dienone is 1. The van der Waals surface area contributed by atoms with Gasteiger partial charge < -0.3 is 15.2 Å². The van der Waals surface area contributed by atoms with Crippen LogP contribution in [0, 0.1) is 0 Å². The first-order valence-electron chi connectivity index (χ1n) is 6.38. The van der Waals surface area contributed by atoms with Gasteiger partial charge in [0.25, 0.3) is 0 Å². The Balaban J connectivity index is 2.31. The van der Waals surface area contributed by atoms with Crippen molar-refractivity contribution in [2.24, 2.45) is 0 Å². The summed E-state index contributed by atoms with van der Waals surface area (Å²) in [6, 6.07) is 8.54. The van der Waals surface area contributed by atoms with Crippen LogP contribution in [0.25, 0.3) is 0 Å². The van der Waals surface area contributed by atoms with Crippen LogP contribution in [0.1, 0.15) is 18.4 Å². The van der Waals surface area contributed by atoms with Gasteiger partial charge in [-0.25, -0.2) is 4.79 Å². The molecule has 1 amide bonds. The minimum absolute atomic E-state index is 0.160. The van der Waals surface area contributed by atoms with E-state index in [2.05, 4.69) is 11.9 Å². The summed E-state index contributed by atoms with van der Waals surface area (Å²) < 4.78 is 5.24. The molecule has 0 bridgehead atoms. The molecule has 0 spiro atoms. The molecule has 0 unspecified atom stereocenters. The van der Waals surface area contributed by atoms with Gasteiger partial charge in [-0.3, -0.25) is 4.79 Å². The summed E-state index contributed by atoms with van der Waals surface area (Å²) in [6.07, 6.45) is 2.47. The lowest BCUT2D eigenvalue weighted by atomic mass is 10.1. The molecule has 0 aromatic heterocycles. The zero-order chi connectivity index (χ0) is 14.8. The quantitative estimate of drug-likeness (QED) is 0.674. The van der Waals surface area contributed by atoms with Crippen LogP contribution in [0.4, 0.5) is 0 Å². The van der Waals surface area contributed by atoms with E-state index in [9.17, 15) is 9.59 Å². The second kappa shape index (κ2) is 8.87. The Bertz CT molecular complexity index is 444. The van der Waals surface area contributed by atoms with Crippen LogP contribution in [0.15, 0.2) is 43.0 Å². The average Bonchev–Trinajstić information content (AvgIpc) is 2.44. The van der Waals surface area contributed by atoms with E-state index in [0.717, 1.165) is 5.56 Å². The Kier molecular flexibility index (Phi) is 7.06. The number of hydrogen-bond acceptors (Lipinski definition) is 3. The lowest BCUT2D eigenvalue weighted by Crippen LogP contribution is -2.42. The minimum Gasteiger partial charge on any atom is -0.480 e. The molecule has 0 heterocycles. The number of rotatable bonds is 9. The fourth-order valence-electron chi connectivity index (χ4n) is 1.61. The van der Waals surface area contributed by atoms with E-state index < -0.39 is 17.9 Å². The smallest absolute Gasteiger partial charge is 0.326 e. The summed E-state index contributed by atoms with van der Waals surface area (Å²) in [4.78, 5) is 22.5. The minimum atomic E-state index is -1.05. The van der Waals surface area contributed by atoms with Gasteiger partial charge in [-0.2, -0.15) is 0 Å². The molecule has 0 saturated carbocycles. The van der Waals surface area contributed by atoms with Crippen LogP contribution >= 0.6 is 0 Å². The molecule has 5 nitrogen and oxygen atoms in total. The number of carbonyl (C=O) groups is 2. The number of aliphatic carboxylic acids is 1. The molecular formula is C15H19NO4. The highest BCUT2D eigenvalue weighted by Crippen LogP contribution is 2.01. The van der Waals surface area contributed by atoms with Crippen molar-refractivity contribution in [3.8, 4) is 0 Å². The molecule has 1 rings (SSSR count). The summed E-state index contributed by atoms with van der Waals surface area (Å²) in [6.45, 7) is 3.68. The highest BCUT2D eigenvalue weighted by Gasteiger charge is 2.18. The van der Waals surface area contributed by atoms with Gasteiger partial charge >= 0.3 is 5.97 Å². The molecule has 1 aromatic carbocycles. The number of benzene rings is 1. The molecular weight excluding hydrogens is 258 g/mol. The van der Waals surface area contributed by atoms with Crippen molar-refractivity contribution in [3.05, 3.63) is 48.6 Å². The number of carboxylic acid groups (broad SMARTS) is 1. The fraction of sp³-hybridized carbons (Fsp3) is 0.333. The Morgan fingerprint density at radius 3 is 2.65 bits per heavy atom. The lowest BCUT2D eigenvalue weighted by molar-refractivity contribution is -0.142. The number of hydrogen-bond donors (Lipinski definition) is 2. The number of carboxylic acids is 1. The maximum atomic E-state index is 11.6. The summed E-state index contributed by atoms with van der Waals surface area (Å²) in [5.74, 6) is -1.49. The van der Waals surface area contributed by atoms with Gasteiger partial charge in [0, 0.05) is 0 Å². The van der Waals surface area contributed by atoms with E-state index in [1.807, 2.05) is 30.3 Å². The van der Waals surface area contributed by atoms with Crippen molar-refractivity contribution < 1.29 is 19.4 Å². The molecule has 20 heavy (non-hydrogen) atoms. The van der Waals surface area contributed by atoms with Crippen LogP contribution in [-0.4, -0.2) is 29.6 Å². The Hall–Kier alpha value is -2.14. The topological polar surface area (TPSA) is 75.6 Å². The number of nitrogens with one attached hydrogen (secondary N) is 1. The van der Waals surface area contributed by atoms with Gasteiger partial charge in [0.2, 0.25) is 5.91 Å². The van der Waals surface area contributed by atoms with E-state index in [1.54, 1.807) is 6.08 Å². The summed E-state index contributed by atoms with van der Waals surface area (Å²) in [5, 5.41) is 11.4. The molecule has 0 aliphatic rings. The molecule has 0 radical (unpaired) electrons. The van der Waals surface area contributed by atoms with Gasteiger partial charge in [-0.05, 0) is 18.4 Å². The predicted octanol–water partition coefficient (Wildman–Crippen LogP) is 1.74. The van der Waals surface area contributed by atoms with Gasteiger partial charge in [0.05, 0.1) is 6.61 Å². The highest BCUT2D eigenvalue weighted by atomic mass is 16.5. The third-order valence-corrected chi connectivity index (χ3v) is 2.64. The molecule has 0 fully saturated rings. The van der Waals surface area contributed by atoms with Crippen LogP contribution in [0.3, 0.4) is 0 Å². The van der Waals surface area contributed by atoms with Gasteiger partial charge in [0.15, 0.2) is 0 Å². The Morgan fingerprint density at radius 1 is 1.35 bits per heavy atom. The first-order chi connectivity index (χ1) is 9.63. The van der Waals surface area contributed by atoms with Crippen molar-refractivity contribution >= 4 is 11.9 Å². The van der Waals surface area contributed by atoms with Crippen molar-refractivity contribution in [2.75, 3.05) is 6.61 Å². The van der Waals surface area contributed by atoms with E-state index in [1.165, 1.54) is 0 Å².